The highest BCUT2D eigenvalue weighted by Gasteiger charge is 2.31. The zero-order valence-electron chi connectivity index (χ0n) is 14.1. The highest BCUT2D eigenvalue weighted by Crippen LogP contribution is 2.30. The van der Waals surface area contributed by atoms with Crippen LogP contribution in [0.3, 0.4) is 0 Å². The SMILES string of the molecule is CN(Cc1ccccc1F)C(=O)CSc1nnc2ccc(C(F)(F)F)cn12. The molecule has 27 heavy (non-hydrogen) atoms. The summed E-state index contributed by atoms with van der Waals surface area (Å²) in [6.45, 7) is 0.0882. The highest BCUT2D eigenvalue weighted by molar-refractivity contribution is 7.99. The molecule has 0 N–H and O–H groups in total. The van der Waals surface area contributed by atoms with Crippen molar-refractivity contribution in [3.63, 3.8) is 0 Å². The molecule has 3 aromatic rings. The van der Waals surface area contributed by atoms with Gasteiger partial charge in [-0.3, -0.25) is 9.20 Å². The molecule has 0 bridgehead atoms. The molecule has 10 heteroatoms. The van der Waals surface area contributed by atoms with Gasteiger partial charge in [0.2, 0.25) is 5.91 Å². The van der Waals surface area contributed by atoms with Crippen LogP contribution in [0, 0.1) is 5.82 Å². The second-order valence-corrected chi connectivity index (χ2v) is 6.70. The van der Waals surface area contributed by atoms with Crippen LogP contribution >= 0.6 is 11.8 Å². The van der Waals surface area contributed by atoms with Crippen LogP contribution in [0.15, 0.2) is 47.8 Å². The van der Waals surface area contributed by atoms with Crippen LogP contribution in [0.4, 0.5) is 17.6 Å². The minimum atomic E-state index is -4.49. The van der Waals surface area contributed by atoms with Crippen LogP contribution in [0.5, 0.6) is 0 Å². The molecule has 0 saturated heterocycles. The zero-order chi connectivity index (χ0) is 19.6. The summed E-state index contributed by atoms with van der Waals surface area (Å²) < 4.78 is 53.4. The Morgan fingerprint density at radius 1 is 1.19 bits per heavy atom. The van der Waals surface area contributed by atoms with Crippen molar-refractivity contribution >= 4 is 23.3 Å². The topological polar surface area (TPSA) is 50.5 Å². The summed E-state index contributed by atoms with van der Waals surface area (Å²) in [6.07, 6.45) is -3.60. The van der Waals surface area contributed by atoms with E-state index < -0.39 is 17.6 Å². The van der Waals surface area contributed by atoms with Crippen LogP contribution in [0.2, 0.25) is 0 Å². The van der Waals surface area contributed by atoms with E-state index in [1.807, 2.05) is 0 Å². The average molecular weight is 398 g/mol. The Morgan fingerprint density at radius 3 is 2.63 bits per heavy atom. The maximum Gasteiger partial charge on any atom is 0.417 e. The molecule has 0 aliphatic rings. The van der Waals surface area contributed by atoms with E-state index in [-0.39, 0.29) is 29.0 Å². The number of halogens is 4. The van der Waals surface area contributed by atoms with Gasteiger partial charge in [-0.05, 0) is 18.2 Å². The lowest BCUT2D eigenvalue weighted by Crippen LogP contribution is -2.28. The monoisotopic (exact) mass is 398 g/mol. The van der Waals surface area contributed by atoms with E-state index in [1.54, 1.807) is 18.2 Å². The van der Waals surface area contributed by atoms with E-state index >= 15 is 0 Å². The Bertz CT molecular complexity index is 973. The summed E-state index contributed by atoms with van der Waals surface area (Å²) >= 11 is 0.964. The number of rotatable bonds is 5. The van der Waals surface area contributed by atoms with E-state index in [4.69, 9.17) is 0 Å². The fraction of sp³-hybridized carbons (Fsp3) is 0.235. The second kappa shape index (κ2) is 7.55. The van der Waals surface area contributed by atoms with Crippen LogP contribution < -0.4 is 0 Å². The highest BCUT2D eigenvalue weighted by atomic mass is 32.2. The summed E-state index contributed by atoms with van der Waals surface area (Å²) in [7, 11) is 1.53. The first-order valence-electron chi connectivity index (χ1n) is 7.78. The van der Waals surface area contributed by atoms with Crippen LogP contribution in [-0.2, 0) is 17.5 Å². The van der Waals surface area contributed by atoms with Crippen LogP contribution in [0.1, 0.15) is 11.1 Å². The molecule has 2 heterocycles. The van der Waals surface area contributed by atoms with Gasteiger partial charge in [0.15, 0.2) is 10.8 Å². The number of carbonyl (C=O) groups excluding carboxylic acids is 1. The second-order valence-electron chi connectivity index (χ2n) is 5.76. The number of benzene rings is 1. The number of amides is 1. The fourth-order valence-corrected chi connectivity index (χ4v) is 3.20. The van der Waals surface area contributed by atoms with Gasteiger partial charge in [0.25, 0.3) is 0 Å². The number of hydrogen-bond donors (Lipinski definition) is 0. The van der Waals surface area contributed by atoms with Gasteiger partial charge in [0.05, 0.1) is 11.3 Å². The lowest BCUT2D eigenvalue weighted by molar-refractivity contribution is -0.138. The van der Waals surface area contributed by atoms with Crippen molar-refractivity contribution < 1.29 is 22.4 Å². The van der Waals surface area contributed by atoms with Crippen molar-refractivity contribution in [1.29, 1.82) is 0 Å². The number of thioether (sulfide) groups is 1. The number of hydrogen-bond acceptors (Lipinski definition) is 4. The standard InChI is InChI=1S/C17H14F4N4OS/c1-24(8-11-4-2-3-5-13(11)18)15(26)10-27-16-23-22-14-7-6-12(9-25(14)16)17(19,20)21/h2-7,9H,8,10H2,1H3. The molecule has 2 aromatic heterocycles. The summed E-state index contributed by atoms with van der Waals surface area (Å²) in [5, 5.41) is 7.79. The third-order valence-corrected chi connectivity index (χ3v) is 4.74. The first-order chi connectivity index (χ1) is 12.8. The maximum absolute atomic E-state index is 13.7. The molecule has 0 fully saturated rings. The van der Waals surface area contributed by atoms with Gasteiger partial charge >= 0.3 is 6.18 Å². The van der Waals surface area contributed by atoms with Gasteiger partial charge < -0.3 is 4.90 Å². The average Bonchev–Trinajstić information content (AvgIpc) is 3.03. The van der Waals surface area contributed by atoms with Gasteiger partial charge in [-0.2, -0.15) is 13.2 Å². The smallest absolute Gasteiger partial charge is 0.341 e. The van der Waals surface area contributed by atoms with Gasteiger partial charge in [0, 0.05) is 25.4 Å². The number of aromatic nitrogens is 3. The molecular weight excluding hydrogens is 384 g/mol. The lowest BCUT2D eigenvalue weighted by Gasteiger charge is -2.17. The zero-order valence-corrected chi connectivity index (χ0v) is 14.9. The number of carbonyl (C=O) groups is 1. The Kier molecular flexibility index (Phi) is 5.36. The predicted octanol–water partition coefficient (Wildman–Crippen LogP) is 3.64. The summed E-state index contributed by atoms with van der Waals surface area (Å²) in [5.74, 6) is -0.790. The fourth-order valence-electron chi connectivity index (χ4n) is 2.34. The van der Waals surface area contributed by atoms with Gasteiger partial charge in [-0.1, -0.05) is 30.0 Å². The minimum absolute atomic E-state index is 0.0675. The van der Waals surface area contributed by atoms with Crippen molar-refractivity contribution in [3.8, 4) is 0 Å². The van der Waals surface area contributed by atoms with Crippen molar-refractivity contribution in [2.24, 2.45) is 0 Å². The molecular formula is C17H14F4N4OS. The van der Waals surface area contributed by atoms with Crippen molar-refractivity contribution in [3.05, 3.63) is 59.5 Å². The Hall–Kier alpha value is -2.62. The van der Waals surface area contributed by atoms with Gasteiger partial charge in [-0.15, -0.1) is 10.2 Å². The number of pyridine rings is 1. The minimum Gasteiger partial charge on any atom is -0.341 e. The Morgan fingerprint density at radius 2 is 1.93 bits per heavy atom. The largest absolute Gasteiger partial charge is 0.417 e. The maximum atomic E-state index is 13.7. The molecule has 5 nitrogen and oxygen atoms in total. The van der Waals surface area contributed by atoms with Crippen LogP contribution in [0.25, 0.3) is 5.65 Å². The molecule has 0 saturated carbocycles. The number of fused-ring (bicyclic) bond motifs is 1. The summed E-state index contributed by atoms with van der Waals surface area (Å²) in [5.41, 5.74) is -0.210. The molecule has 1 aromatic carbocycles. The third kappa shape index (κ3) is 4.38. The van der Waals surface area contributed by atoms with E-state index in [9.17, 15) is 22.4 Å². The first-order valence-corrected chi connectivity index (χ1v) is 8.76. The van der Waals surface area contributed by atoms with E-state index in [2.05, 4.69) is 10.2 Å². The molecule has 0 aliphatic carbocycles. The first kappa shape index (κ1) is 19.2. The Balaban J connectivity index is 1.69. The molecule has 0 radical (unpaired) electrons. The summed E-state index contributed by atoms with van der Waals surface area (Å²) in [4.78, 5) is 13.6. The Labute approximate surface area is 156 Å². The van der Waals surface area contributed by atoms with Crippen molar-refractivity contribution in [2.75, 3.05) is 12.8 Å². The molecule has 0 atom stereocenters. The van der Waals surface area contributed by atoms with Crippen molar-refractivity contribution in [2.45, 2.75) is 17.9 Å². The van der Waals surface area contributed by atoms with E-state index in [0.717, 1.165) is 24.0 Å². The third-order valence-electron chi connectivity index (χ3n) is 3.81. The molecule has 0 spiro atoms. The summed E-state index contributed by atoms with van der Waals surface area (Å²) in [6, 6.07) is 8.26. The quantitative estimate of drug-likeness (QED) is 0.487. The van der Waals surface area contributed by atoms with Crippen LogP contribution in [-0.4, -0.2) is 38.2 Å². The van der Waals surface area contributed by atoms with Crippen molar-refractivity contribution in [1.82, 2.24) is 19.5 Å². The molecule has 0 aliphatic heterocycles. The molecule has 0 unspecified atom stereocenters. The number of nitrogens with zero attached hydrogens (tertiary/aromatic N) is 4. The van der Waals surface area contributed by atoms with E-state index in [0.29, 0.717) is 5.56 Å². The van der Waals surface area contributed by atoms with Gasteiger partial charge in [-0.25, -0.2) is 4.39 Å². The number of alkyl halides is 3. The molecule has 1 amide bonds. The normalized spacial score (nSPS) is 11.7. The van der Waals surface area contributed by atoms with E-state index in [1.165, 1.54) is 28.5 Å². The molecule has 3 rings (SSSR count). The van der Waals surface area contributed by atoms with Gasteiger partial charge in [0.1, 0.15) is 5.82 Å². The predicted molar refractivity (Wildman–Crippen MR) is 91.6 cm³/mol. The molecule has 142 valence electrons. The lowest BCUT2D eigenvalue weighted by atomic mass is 10.2.